The van der Waals surface area contributed by atoms with Crippen LogP contribution in [0.3, 0.4) is 0 Å². The second-order valence-corrected chi connectivity index (χ2v) is 3.44. The highest BCUT2D eigenvalue weighted by atomic mass is 15.4. The predicted molar refractivity (Wildman–Crippen MR) is 43.4 cm³/mol. The number of hydrogen-bond donors (Lipinski definition) is 1. The second-order valence-electron chi connectivity index (χ2n) is 3.44. The molecule has 0 saturated carbocycles. The molecule has 60 valence electrons. The molecule has 0 aromatic heterocycles. The van der Waals surface area contributed by atoms with Crippen molar-refractivity contribution in [2.75, 3.05) is 6.54 Å². The van der Waals surface area contributed by atoms with E-state index in [9.17, 15) is 0 Å². The lowest BCUT2D eigenvalue weighted by Crippen LogP contribution is -2.33. The van der Waals surface area contributed by atoms with E-state index in [2.05, 4.69) is 13.8 Å². The van der Waals surface area contributed by atoms with Crippen molar-refractivity contribution in [3.8, 4) is 0 Å². The zero-order chi connectivity index (χ0) is 7.56. The average molecular weight is 142 g/mol. The quantitative estimate of drug-likeness (QED) is 0.590. The number of nitrogens with zero attached hydrogens (tertiary/aromatic N) is 1. The molecular weight excluding hydrogens is 124 g/mol. The van der Waals surface area contributed by atoms with Gasteiger partial charge in [0.05, 0.1) is 0 Å². The topological polar surface area (TPSA) is 29.3 Å². The Morgan fingerprint density at radius 3 is 2.70 bits per heavy atom. The van der Waals surface area contributed by atoms with Crippen LogP contribution in [0, 0.1) is 5.92 Å². The molecule has 2 atom stereocenters. The molecule has 0 unspecified atom stereocenters. The minimum Gasteiger partial charge on any atom is -0.269 e. The monoisotopic (exact) mass is 142 g/mol. The largest absolute Gasteiger partial charge is 0.269 e. The highest BCUT2D eigenvalue weighted by Gasteiger charge is 2.25. The molecule has 0 aromatic rings. The maximum atomic E-state index is 5.73. The molecular formula is C8H18N2. The number of hydrazine groups is 1. The fourth-order valence-corrected chi connectivity index (χ4v) is 1.79. The van der Waals surface area contributed by atoms with E-state index in [0.717, 1.165) is 12.5 Å². The molecule has 1 rings (SSSR count). The standard InChI is InChI=1S/C8H18N2/c1-3-4-8-5-7(2)10(9)6-8/h7-8H,3-6,9H2,1-2H3/t7-,8+/m1/s1. The highest BCUT2D eigenvalue weighted by Crippen LogP contribution is 2.23. The Morgan fingerprint density at radius 1 is 1.60 bits per heavy atom. The fraction of sp³-hybridized carbons (Fsp3) is 1.00. The van der Waals surface area contributed by atoms with Gasteiger partial charge in [-0.25, -0.2) is 5.01 Å². The minimum atomic E-state index is 0.608. The van der Waals surface area contributed by atoms with E-state index in [1.54, 1.807) is 0 Å². The Labute approximate surface area is 63.4 Å². The number of nitrogens with two attached hydrogens (primary N) is 1. The molecule has 0 radical (unpaired) electrons. The van der Waals surface area contributed by atoms with Gasteiger partial charge in [-0.1, -0.05) is 13.3 Å². The molecule has 0 bridgehead atoms. The van der Waals surface area contributed by atoms with Gasteiger partial charge in [0.1, 0.15) is 0 Å². The van der Waals surface area contributed by atoms with Gasteiger partial charge in [0, 0.05) is 12.6 Å². The van der Waals surface area contributed by atoms with Crippen LogP contribution in [0.5, 0.6) is 0 Å². The summed E-state index contributed by atoms with van der Waals surface area (Å²) < 4.78 is 0. The van der Waals surface area contributed by atoms with E-state index in [1.165, 1.54) is 19.3 Å². The first-order valence-corrected chi connectivity index (χ1v) is 4.25. The summed E-state index contributed by atoms with van der Waals surface area (Å²) in [7, 11) is 0. The average Bonchev–Trinajstić information content (AvgIpc) is 2.14. The summed E-state index contributed by atoms with van der Waals surface area (Å²) in [6.07, 6.45) is 3.94. The van der Waals surface area contributed by atoms with Crippen LogP contribution in [-0.4, -0.2) is 17.6 Å². The van der Waals surface area contributed by atoms with E-state index in [1.807, 2.05) is 5.01 Å². The molecule has 2 nitrogen and oxygen atoms in total. The van der Waals surface area contributed by atoms with E-state index in [-0.39, 0.29) is 0 Å². The maximum absolute atomic E-state index is 5.73. The molecule has 10 heavy (non-hydrogen) atoms. The summed E-state index contributed by atoms with van der Waals surface area (Å²) in [4.78, 5) is 0. The molecule has 1 aliphatic heterocycles. The zero-order valence-corrected chi connectivity index (χ0v) is 7.01. The van der Waals surface area contributed by atoms with Gasteiger partial charge in [0.25, 0.3) is 0 Å². The predicted octanol–water partition coefficient (Wildman–Crippen LogP) is 1.37. The fourth-order valence-electron chi connectivity index (χ4n) is 1.79. The van der Waals surface area contributed by atoms with Crippen molar-refractivity contribution < 1.29 is 0 Å². The Bertz CT molecular complexity index is 93.4. The van der Waals surface area contributed by atoms with E-state index < -0.39 is 0 Å². The molecule has 0 aromatic carbocycles. The maximum Gasteiger partial charge on any atom is 0.0216 e. The third-order valence-electron chi connectivity index (χ3n) is 2.41. The van der Waals surface area contributed by atoms with Gasteiger partial charge in [-0.15, -0.1) is 0 Å². The van der Waals surface area contributed by atoms with Crippen molar-refractivity contribution in [3.05, 3.63) is 0 Å². The smallest absolute Gasteiger partial charge is 0.0216 e. The van der Waals surface area contributed by atoms with Crippen LogP contribution < -0.4 is 5.84 Å². The van der Waals surface area contributed by atoms with Crippen LogP contribution in [0.1, 0.15) is 33.1 Å². The van der Waals surface area contributed by atoms with Gasteiger partial charge >= 0.3 is 0 Å². The Kier molecular flexibility index (Phi) is 2.69. The summed E-state index contributed by atoms with van der Waals surface area (Å²) in [5.74, 6) is 6.60. The lowest BCUT2D eigenvalue weighted by atomic mass is 10.0. The lowest BCUT2D eigenvalue weighted by Gasteiger charge is -2.12. The van der Waals surface area contributed by atoms with E-state index >= 15 is 0 Å². The van der Waals surface area contributed by atoms with Crippen molar-refractivity contribution in [2.45, 2.75) is 39.2 Å². The third-order valence-corrected chi connectivity index (χ3v) is 2.41. The van der Waals surface area contributed by atoms with Crippen LogP contribution in [0.25, 0.3) is 0 Å². The molecule has 0 amide bonds. The minimum absolute atomic E-state index is 0.608. The molecule has 0 spiro atoms. The van der Waals surface area contributed by atoms with Gasteiger partial charge in [-0.05, 0) is 25.7 Å². The van der Waals surface area contributed by atoms with Crippen LogP contribution in [-0.2, 0) is 0 Å². The van der Waals surface area contributed by atoms with Gasteiger partial charge in [-0.2, -0.15) is 0 Å². The SMILES string of the molecule is CCC[C@H]1C[C@@H](C)N(N)C1. The van der Waals surface area contributed by atoms with Crippen molar-refractivity contribution >= 4 is 0 Å². The number of rotatable bonds is 2. The lowest BCUT2D eigenvalue weighted by molar-refractivity contribution is 0.272. The van der Waals surface area contributed by atoms with Gasteiger partial charge in [0.2, 0.25) is 0 Å². The first kappa shape index (κ1) is 8.02. The van der Waals surface area contributed by atoms with Crippen molar-refractivity contribution in [1.82, 2.24) is 5.01 Å². The van der Waals surface area contributed by atoms with Gasteiger partial charge in [-0.3, -0.25) is 5.84 Å². The van der Waals surface area contributed by atoms with Crippen LogP contribution in [0.2, 0.25) is 0 Å². The third kappa shape index (κ3) is 1.70. The van der Waals surface area contributed by atoms with E-state index in [0.29, 0.717) is 6.04 Å². The number of hydrogen-bond acceptors (Lipinski definition) is 2. The van der Waals surface area contributed by atoms with Crippen LogP contribution in [0.15, 0.2) is 0 Å². The summed E-state index contributed by atoms with van der Waals surface area (Å²) in [6.45, 7) is 5.55. The second kappa shape index (κ2) is 3.35. The van der Waals surface area contributed by atoms with Crippen LogP contribution in [0.4, 0.5) is 0 Å². The molecule has 1 aliphatic rings. The zero-order valence-electron chi connectivity index (χ0n) is 7.01. The Hall–Kier alpha value is -0.0800. The molecule has 2 N–H and O–H groups in total. The summed E-state index contributed by atoms with van der Waals surface area (Å²) in [6, 6.07) is 0.608. The van der Waals surface area contributed by atoms with E-state index in [4.69, 9.17) is 5.84 Å². The van der Waals surface area contributed by atoms with Crippen molar-refractivity contribution in [2.24, 2.45) is 11.8 Å². The van der Waals surface area contributed by atoms with Gasteiger partial charge in [0.15, 0.2) is 0 Å². The molecule has 1 heterocycles. The van der Waals surface area contributed by atoms with Gasteiger partial charge < -0.3 is 0 Å². The Morgan fingerprint density at radius 2 is 2.30 bits per heavy atom. The molecule has 1 fully saturated rings. The first-order valence-electron chi connectivity index (χ1n) is 4.25. The normalized spacial score (nSPS) is 35.1. The van der Waals surface area contributed by atoms with Crippen molar-refractivity contribution in [3.63, 3.8) is 0 Å². The Balaban J connectivity index is 2.27. The van der Waals surface area contributed by atoms with Crippen LogP contribution >= 0.6 is 0 Å². The molecule has 2 heteroatoms. The summed E-state index contributed by atoms with van der Waals surface area (Å²) >= 11 is 0. The first-order chi connectivity index (χ1) is 4.74. The summed E-state index contributed by atoms with van der Waals surface area (Å²) in [5.41, 5.74) is 0. The molecule has 0 aliphatic carbocycles. The summed E-state index contributed by atoms with van der Waals surface area (Å²) in [5, 5.41) is 1.97. The highest BCUT2D eigenvalue weighted by molar-refractivity contribution is 4.78. The molecule has 1 saturated heterocycles. The van der Waals surface area contributed by atoms with Crippen molar-refractivity contribution in [1.29, 1.82) is 0 Å².